The van der Waals surface area contributed by atoms with Gasteiger partial charge in [-0.25, -0.2) is 26.2 Å². The van der Waals surface area contributed by atoms with Gasteiger partial charge >= 0.3 is 21.1 Å². The van der Waals surface area contributed by atoms with Crippen molar-refractivity contribution < 1.29 is 30.2 Å². The minimum absolute atomic E-state index is 0. The van der Waals surface area contributed by atoms with Gasteiger partial charge in [-0.1, -0.05) is 18.2 Å². The Bertz CT molecular complexity index is 1470. The van der Waals surface area contributed by atoms with Crippen molar-refractivity contribution in [2.45, 2.75) is 26.2 Å². The molecule has 0 atom stereocenters. The number of ether oxygens (including phenoxy) is 1. The van der Waals surface area contributed by atoms with Crippen LogP contribution in [0.1, 0.15) is 30.9 Å². The molecular weight excluding hydrogens is 634 g/mol. The van der Waals surface area contributed by atoms with Crippen molar-refractivity contribution in [3.8, 4) is 28.6 Å². The van der Waals surface area contributed by atoms with E-state index in [0.717, 1.165) is 34.1 Å². The maximum absolute atomic E-state index is 13.7. The zero-order valence-electron chi connectivity index (χ0n) is 20.0. The van der Waals surface area contributed by atoms with Crippen LogP contribution in [-0.4, -0.2) is 19.7 Å². The number of pyridine rings is 2. The van der Waals surface area contributed by atoms with Crippen molar-refractivity contribution in [1.82, 2.24) is 19.7 Å². The van der Waals surface area contributed by atoms with E-state index in [2.05, 4.69) is 31.0 Å². The van der Waals surface area contributed by atoms with Crippen LogP contribution < -0.4 is 4.74 Å². The molecule has 2 aromatic carbocycles. The molecule has 7 heteroatoms. The zero-order valence-corrected chi connectivity index (χ0v) is 22.2. The fourth-order valence-corrected chi connectivity index (χ4v) is 3.79. The van der Waals surface area contributed by atoms with Gasteiger partial charge in [0.1, 0.15) is 17.4 Å². The first-order valence-electron chi connectivity index (χ1n) is 11.2. The minimum atomic E-state index is -0.594. The second-order valence-electron chi connectivity index (χ2n) is 8.71. The van der Waals surface area contributed by atoms with Crippen LogP contribution in [0.15, 0.2) is 84.9 Å². The molecule has 0 radical (unpaired) electrons. The molecule has 0 spiro atoms. The molecule has 5 aromatic rings. The molecule has 0 aliphatic rings. The van der Waals surface area contributed by atoms with Gasteiger partial charge in [-0.05, 0) is 50.7 Å². The fraction of sp³-hybridized carbons (Fsp3) is 0.138. The van der Waals surface area contributed by atoms with E-state index >= 15 is 0 Å². The second kappa shape index (κ2) is 10.5. The number of benzene rings is 2. The predicted molar refractivity (Wildman–Crippen MR) is 132 cm³/mol. The number of rotatable bonds is 6. The molecule has 0 saturated carbocycles. The Balaban J connectivity index is 0.00000304. The summed E-state index contributed by atoms with van der Waals surface area (Å²) in [4.78, 5) is 8.90. The summed E-state index contributed by atoms with van der Waals surface area (Å²) < 4.78 is 21.5. The molecule has 182 valence electrons. The van der Waals surface area contributed by atoms with E-state index in [1.165, 1.54) is 12.1 Å². The third-order valence-electron chi connectivity index (χ3n) is 5.78. The summed E-state index contributed by atoms with van der Waals surface area (Å²) in [5.41, 5.74) is 3.38. The summed E-state index contributed by atoms with van der Waals surface area (Å²) >= 11 is 0. The molecule has 3 heterocycles. The number of aryl methyl sites for hydroxylation is 1. The van der Waals surface area contributed by atoms with Crippen LogP contribution in [0, 0.1) is 25.0 Å². The van der Waals surface area contributed by atoms with E-state index < -0.39 is 11.4 Å². The Labute approximate surface area is 224 Å². The van der Waals surface area contributed by atoms with Gasteiger partial charge in [-0.15, -0.1) is 35.9 Å². The molecule has 0 fully saturated rings. The van der Waals surface area contributed by atoms with E-state index in [9.17, 15) is 4.39 Å². The first kappa shape index (κ1) is 25.5. The van der Waals surface area contributed by atoms with Gasteiger partial charge in [0, 0.05) is 17.5 Å². The van der Waals surface area contributed by atoms with Gasteiger partial charge in [0.15, 0.2) is 0 Å². The first-order chi connectivity index (χ1) is 16.9. The normalized spacial score (nSPS) is 11.1. The largest absolute Gasteiger partial charge is 2.00 e. The average molecular weight is 658 g/mol. The molecule has 0 bridgehead atoms. The monoisotopic (exact) mass is 657 g/mol. The second-order valence-corrected chi connectivity index (χ2v) is 8.71. The topological polar surface area (TPSA) is 52.8 Å². The summed E-state index contributed by atoms with van der Waals surface area (Å²) in [7, 11) is 0. The van der Waals surface area contributed by atoms with Crippen LogP contribution in [-0.2, 0) is 26.5 Å². The summed E-state index contributed by atoms with van der Waals surface area (Å²) in [5, 5.41) is 4.75. The van der Waals surface area contributed by atoms with E-state index in [0.29, 0.717) is 11.6 Å². The smallest absolute Gasteiger partial charge is 0.458 e. The van der Waals surface area contributed by atoms with Gasteiger partial charge in [0.05, 0.1) is 16.9 Å². The Kier molecular flexibility index (Phi) is 7.46. The number of hydrogen-bond donors (Lipinski definition) is 0. The van der Waals surface area contributed by atoms with Crippen LogP contribution in [0.3, 0.4) is 0 Å². The molecule has 36 heavy (non-hydrogen) atoms. The molecule has 0 aliphatic heterocycles. The predicted octanol–water partition coefficient (Wildman–Crippen LogP) is 6.49. The average Bonchev–Trinajstić information content (AvgIpc) is 3.27. The van der Waals surface area contributed by atoms with Crippen LogP contribution in [0.4, 0.5) is 4.39 Å². The van der Waals surface area contributed by atoms with Gasteiger partial charge in [-0.3, -0.25) is 0 Å². The van der Waals surface area contributed by atoms with E-state index in [-0.39, 0.29) is 21.1 Å². The van der Waals surface area contributed by atoms with E-state index in [1.54, 1.807) is 4.68 Å². The molecule has 5 nitrogen and oxygen atoms in total. The third kappa shape index (κ3) is 5.29. The number of aromatic nitrogens is 4. The van der Waals surface area contributed by atoms with Crippen molar-refractivity contribution in [1.29, 1.82) is 0 Å². The number of nitrogens with zero attached hydrogens (tertiary/aromatic N) is 4. The van der Waals surface area contributed by atoms with Crippen LogP contribution in [0.5, 0.6) is 11.5 Å². The first-order valence-corrected chi connectivity index (χ1v) is 11.2. The van der Waals surface area contributed by atoms with E-state index in [4.69, 9.17) is 14.8 Å². The van der Waals surface area contributed by atoms with Crippen LogP contribution >= 0.6 is 0 Å². The minimum Gasteiger partial charge on any atom is -0.458 e. The van der Waals surface area contributed by atoms with Crippen molar-refractivity contribution >= 4 is 0 Å². The van der Waals surface area contributed by atoms with Crippen LogP contribution in [0.2, 0.25) is 0 Å². The molecule has 0 unspecified atom stereocenters. The number of para-hydroxylation sites is 1. The standard InChI is InChI=1S/C29H23FN4O.Pt/c1-20-17-26(33-34(20)28-16-10-15-27(30)32-28)29(2,3)25-19-23(35-22-13-8-5-9-14-22)18-24(31-25)21-11-6-4-7-12-21;/h4-11,13-15,17-19H,1-3H3;/q-2;+2. The summed E-state index contributed by atoms with van der Waals surface area (Å²) in [6.07, 6.45) is 0. The van der Waals surface area contributed by atoms with Crippen molar-refractivity contribution in [3.05, 3.63) is 120 Å². The molecule has 0 aliphatic carbocycles. The molecule has 0 N–H and O–H groups in total. The quantitative estimate of drug-likeness (QED) is 0.155. The fourth-order valence-electron chi connectivity index (χ4n) is 3.79. The van der Waals surface area contributed by atoms with Gasteiger partial charge in [0.2, 0.25) is 0 Å². The molecule has 0 amide bonds. The van der Waals surface area contributed by atoms with Gasteiger partial charge in [0.25, 0.3) is 0 Å². The molecular formula is C29H23FN4OPt. The summed E-state index contributed by atoms with van der Waals surface area (Å²) in [5.74, 6) is 1.12. The Morgan fingerprint density at radius 2 is 1.61 bits per heavy atom. The maximum atomic E-state index is 13.7. The Hall–Kier alpha value is -3.63. The van der Waals surface area contributed by atoms with Gasteiger partial charge in [-0.2, -0.15) is 11.2 Å². The Morgan fingerprint density at radius 1 is 0.833 bits per heavy atom. The van der Waals surface area contributed by atoms with Crippen molar-refractivity contribution in [3.63, 3.8) is 0 Å². The van der Waals surface area contributed by atoms with Gasteiger partial charge < -0.3 is 9.72 Å². The number of hydrogen-bond acceptors (Lipinski definition) is 4. The summed E-state index contributed by atoms with van der Waals surface area (Å²) in [6.45, 7) is 6.00. The van der Waals surface area contributed by atoms with Crippen molar-refractivity contribution in [2.24, 2.45) is 0 Å². The SMILES string of the molecule is Cc1cc(C(C)(C)c2cc(Oc3ccccc3)cc(-c3[c-]cccc3)n2)nn1-c1[c-]ccc(F)n1.[Pt+2]. The third-order valence-corrected chi connectivity index (χ3v) is 5.78. The molecule has 3 aromatic heterocycles. The molecule has 0 saturated heterocycles. The van der Waals surface area contributed by atoms with Crippen LogP contribution in [0.25, 0.3) is 17.1 Å². The number of halogens is 1. The van der Waals surface area contributed by atoms with Crippen molar-refractivity contribution in [2.75, 3.05) is 0 Å². The molecule has 5 rings (SSSR count). The zero-order chi connectivity index (χ0) is 24.4. The maximum Gasteiger partial charge on any atom is 2.00 e. The summed E-state index contributed by atoms with van der Waals surface area (Å²) in [6, 6.07) is 32.1. The van der Waals surface area contributed by atoms with E-state index in [1.807, 2.05) is 79.7 Å². The Morgan fingerprint density at radius 3 is 2.33 bits per heavy atom.